The van der Waals surface area contributed by atoms with Crippen LogP contribution in [0.15, 0.2) is 53.4 Å². The van der Waals surface area contributed by atoms with Gasteiger partial charge in [-0.3, -0.25) is 9.69 Å². The standard InChI is InChI=1S/C19H21N3O3S2.ClH/c1-21(2)12-13-22(19-20-16-6-4-5-7-17(16)26-19)18(23)14-8-10-15(11-9-14)27(3,24)25;/h4-11H,12-13H2,1-3H3;1H. The van der Waals surface area contributed by atoms with Gasteiger partial charge in [0, 0.05) is 24.9 Å². The third-order valence-corrected chi connectivity index (χ3v) is 6.25. The Morgan fingerprint density at radius 1 is 1.04 bits per heavy atom. The van der Waals surface area contributed by atoms with Crippen LogP contribution in [0, 0.1) is 0 Å². The van der Waals surface area contributed by atoms with E-state index in [2.05, 4.69) is 4.98 Å². The van der Waals surface area contributed by atoms with Gasteiger partial charge in [0.2, 0.25) is 0 Å². The Hall–Kier alpha value is -2.00. The van der Waals surface area contributed by atoms with Gasteiger partial charge in [0.1, 0.15) is 0 Å². The van der Waals surface area contributed by atoms with Gasteiger partial charge in [0.05, 0.1) is 15.1 Å². The molecule has 0 aliphatic rings. The first kappa shape index (κ1) is 22.3. The molecule has 0 unspecified atom stereocenters. The van der Waals surface area contributed by atoms with Crippen molar-refractivity contribution in [2.75, 3.05) is 38.3 Å². The van der Waals surface area contributed by atoms with Crippen LogP contribution in [0.2, 0.25) is 0 Å². The van der Waals surface area contributed by atoms with E-state index >= 15 is 0 Å². The summed E-state index contributed by atoms with van der Waals surface area (Å²) in [4.78, 5) is 21.6. The minimum Gasteiger partial charge on any atom is -0.308 e. The van der Waals surface area contributed by atoms with Crippen LogP contribution in [0.4, 0.5) is 5.13 Å². The van der Waals surface area contributed by atoms with Gasteiger partial charge < -0.3 is 4.90 Å². The topological polar surface area (TPSA) is 70.6 Å². The molecular formula is C19H22ClN3O3S2. The second-order valence-electron chi connectivity index (χ2n) is 6.52. The normalized spacial score (nSPS) is 11.4. The van der Waals surface area contributed by atoms with Crippen molar-refractivity contribution in [1.82, 2.24) is 9.88 Å². The average Bonchev–Trinajstić information content (AvgIpc) is 3.04. The van der Waals surface area contributed by atoms with Crippen LogP contribution in [-0.4, -0.2) is 57.6 Å². The lowest BCUT2D eigenvalue weighted by molar-refractivity contribution is 0.0985. The second-order valence-corrected chi connectivity index (χ2v) is 9.55. The fourth-order valence-electron chi connectivity index (χ4n) is 2.56. The summed E-state index contributed by atoms with van der Waals surface area (Å²) in [6, 6.07) is 13.8. The van der Waals surface area contributed by atoms with Gasteiger partial charge in [-0.2, -0.15) is 0 Å². The molecule has 150 valence electrons. The molecule has 6 nitrogen and oxygen atoms in total. The van der Waals surface area contributed by atoms with Gasteiger partial charge >= 0.3 is 0 Å². The first-order chi connectivity index (χ1) is 12.8. The number of rotatable bonds is 6. The molecule has 28 heavy (non-hydrogen) atoms. The minimum absolute atomic E-state index is 0. The number of amides is 1. The Kier molecular flexibility index (Phi) is 7.16. The van der Waals surface area contributed by atoms with E-state index in [0.29, 0.717) is 23.8 Å². The molecule has 0 fully saturated rings. The van der Waals surface area contributed by atoms with Gasteiger partial charge in [-0.15, -0.1) is 12.4 Å². The smallest absolute Gasteiger partial charge is 0.260 e. The van der Waals surface area contributed by atoms with E-state index < -0.39 is 9.84 Å². The van der Waals surface area contributed by atoms with Crippen molar-refractivity contribution < 1.29 is 13.2 Å². The van der Waals surface area contributed by atoms with Crippen molar-refractivity contribution in [2.45, 2.75) is 4.90 Å². The second kappa shape index (κ2) is 9.00. The molecule has 1 aromatic heterocycles. The number of nitrogens with zero attached hydrogens (tertiary/aromatic N) is 3. The van der Waals surface area contributed by atoms with Crippen LogP contribution in [-0.2, 0) is 9.84 Å². The van der Waals surface area contributed by atoms with Gasteiger partial charge in [0.25, 0.3) is 5.91 Å². The minimum atomic E-state index is -3.30. The average molecular weight is 440 g/mol. The maximum absolute atomic E-state index is 13.1. The summed E-state index contributed by atoms with van der Waals surface area (Å²) in [7, 11) is 0.594. The fraction of sp³-hybridized carbons (Fsp3) is 0.263. The first-order valence-electron chi connectivity index (χ1n) is 8.38. The monoisotopic (exact) mass is 439 g/mol. The summed E-state index contributed by atoms with van der Waals surface area (Å²) >= 11 is 1.47. The zero-order valence-electron chi connectivity index (χ0n) is 15.8. The molecule has 1 heterocycles. The van der Waals surface area contributed by atoms with E-state index in [-0.39, 0.29) is 23.2 Å². The van der Waals surface area contributed by atoms with Gasteiger partial charge in [-0.05, 0) is 50.5 Å². The van der Waals surface area contributed by atoms with E-state index in [1.54, 1.807) is 17.0 Å². The zero-order valence-corrected chi connectivity index (χ0v) is 18.3. The highest BCUT2D eigenvalue weighted by Crippen LogP contribution is 2.29. The molecule has 2 aromatic carbocycles. The van der Waals surface area contributed by atoms with E-state index in [9.17, 15) is 13.2 Å². The number of carbonyl (C=O) groups excluding carboxylic acids is 1. The summed E-state index contributed by atoms with van der Waals surface area (Å²) in [6.07, 6.45) is 1.15. The molecule has 9 heteroatoms. The van der Waals surface area contributed by atoms with Crippen molar-refractivity contribution in [2.24, 2.45) is 0 Å². The van der Waals surface area contributed by atoms with Crippen molar-refractivity contribution in [3.05, 3.63) is 54.1 Å². The Morgan fingerprint density at radius 3 is 2.25 bits per heavy atom. The summed E-state index contributed by atoms with van der Waals surface area (Å²) in [6.45, 7) is 1.17. The number of carbonyl (C=O) groups is 1. The number of sulfone groups is 1. The van der Waals surface area contributed by atoms with Crippen molar-refractivity contribution in [3.63, 3.8) is 0 Å². The maximum atomic E-state index is 13.1. The molecule has 0 saturated carbocycles. The molecule has 3 aromatic rings. The number of benzene rings is 2. The van der Waals surface area contributed by atoms with E-state index in [4.69, 9.17) is 0 Å². The number of para-hydroxylation sites is 1. The summed E-state index contributed by atoms with van der Waals surface area (Å²) in [5.41, 5.74) is 1.29. The van der Waals surface area contributed by atoms with Crippen LogP contribution in [0.3, 0.4) is 0 Å². The van der Waals surface area contributed by atoms with Crippen molar-refractivity contribution in [3.8, 4) is 0 Å². The summed E-state index contributed by atoms with van der Waals surface area (Å²) in [5.74, 6) is -0.198. The molecule has 0 radical (unpaired) electrons. The Morgan fingerprint density at radius 2 is 1.68 bits per heavy atom. The highest BCUT2D eigenvalue weighted by molar-refractivity contribution is 7.90. The highest BCUT2D eigenvalue weighted by atomic mass is 35.5. The SMILES string of the molecule is CN(C)CCN(C(=O)c1ccc(S(C)(=O)=O)cc1)c1nc2ccccc2s1.Cl. The first-order valence-corrected chi connectivity index (χ1v) is 11.1. The molecule has 0 atom stereocenters. The molecule has 0 N–H and O–H groups in total. The molecule has 0 aliphatic heterocycles. The lowest BCUT2D eigenvalue weighted by Crippen LogP contribution is -2.36. The van der Waals surface area contributed by atoms with Crippen molar-refractivity contribution in [1.29, 1.82) is 0 Å². The lowest BCUT2D eigenvalue weighted by Gasteiger charge is -2.22. The van der Waals surface area contributed by atoms with E-state index in [1.165, 1.54) is 23.5 Å². The quantitative estimate of drug-likeness (QED) is 0.589. The number of likely N-dealkylation sites (N-methyl/N-ethyl adjacent to an activating group) is 1. The molecule has 1 amide bonds. The van der Waals surface area contributed by atoms with Crippen LogP contribution < -0.4 is 4.90 Å². The van der Waals surface area contributed by atoms with Crippen molar-refractivity contribution >= 4 is 54.8 Å². The van der Waals surface area contributed by atoms with Crippen LogP contribution in [0.5, 0.6) is 0 Å². The molecular weight excluding hydrogens is 418 g/mol. The summed E-state index contributed by atoms with van der Waals surface area (Å²) in [5, 5.41) is 0.634. The highest BCUT2D eigenvalue weighted by Gasteiger charge is 2.22. The third-order valence-electron chi connectivity index (χ3n) is 4.06. The number of thiazole rings is 1. The predicted molar refractivity (Wildman–Crippen MR) is 117 cm³/mol. The Bertz CT molecular complexity index is 1030. The number of fused-ring (bicyclic) bond motifs is 1. The van der Waals surface area contributed by atoms with Gasteiger partial charge in [-0.25, -0.2) is 13.4 Å². The Labute approximate surface area is 175 Å². The third kappa shape index (κ3) is 5.08. The van der Waals surface area contributed by atoms with E-state index in [1.807, 2.05) is 43.3 Å². The summed E-state index contributed by atoms with van der Waals surface area (Å²) < 4.78 is 24.3. The van der Waals surface area contributed by atoms with Crippen LogP contribution in [0.25, 0.3) is 10.2 Å². The number of hydrogen-bond acceptors (Lipinski definition) is 6. The zero-order chi connectivity index (χ0) is 19.6. The number of hydrogen-bond donors (Lipinski definition) is 0. The van der Waals surface area contributed by atoms with Gasteiger partial charge in [-0.1, -0.05) is 23.5 Å². The predicted octanol–water partition coefficient (Wildman–Crippen LogP) is 3.33. The number of aromatic nitrogens is 1. The molecule has 0 bridgehead atoms. The number of halogens is 1. The van der Waals surface area contributed by atoms with Gasteiger partial charge in [0.15, 0.2) is 15.0 Å². The van der Waals surface area contributed by atoms with E-state index in [0.717, 1.165) is 16.5 Å². The maximum Gasteiger partial charge on any atom is 0.260 e. The fourth-order valence-corrected chi connectivity index (χ4v) is 4.18. The number of anilines is 1. The largest absolute Gasteiger partial charge is 0.308 e. The molecule has 0 spiro atoms. The van der Waals surface area contributed by atoms with Crippen LogP contribution in [0.1, 0.15) is 10.4 Å². The molecule has 0 saturated heterocycles. The lowest BCUT2D eigenvalue weighted by atomic mass is 10.2. The Balaban J connectivity index is 0.00000280. The van der Waals surface area contributed by atoms with Crippen LogP contribution >= 0.6 is 23.7 Å². The molecule has 0 aliphatic carbocycles. The molecule has 3 rings (SSSR count).